The molecule has 1 aromatic heterocycles. The molecule has 2 heterocycles. The molecule has 1 aromatic rings. The maximum atomic E-state index is 12.4. The van der Waals surface area contributed by atoms with Gasteiger partial charge in [-0.1, -0.05) is 0 Å². The third kappa shape index (κ3) is 3.51. The molecule has 1 aliphatic rings. The zero-order chi connectivity index (χ0) is 13.8. The molecular formula is C12H16N2O4S. The predicted octanol–water partition coefficient (Wildman–Crippen LogP) is 1.16. The number of hydrogen-bond donors (Lipinski definition) is 1. The number of nitrogens with zero attached hydrogens (tertiary/aromatic N) is 2. The van der Waals surface area contributed by atoms with E-state index in [4.69, 9.17) is 9.84 Å². The number of aryl methyl sites for hydroxylation is 1. The van der Waals surface area contributed by atoms with Crippen molar-refractivity contribution < 1.29 is 19.4 Å². The van der Waals surface area contributed by atoms with Crippen LogP contribution in [0.25, 0.3) is 0 Å². The van der Waals surface area contributed by atoms with Crippen LogP contribution < -0.4 is 0 Å². The highest BCUT2D eigenvalue weighted by molar-refractivity contribution is 7.13. The maximum Gasteiger partial charge on any atom is 0.323 e. The minimum absolute atomic E-state index is 0.0697. The number of carbonyl (C=O) groups is 2. The highest BCUT2D eigenvalue weighted by Gasteiger charge is 2.29. The van der Waals surface area contributed by atoms with Gasteiger partial charge >= 0.3 is 5.97 Å². The summed E-state index contributed by atoms with van der Waals surface area (Å²) >= 11 is 1.29. The molecule has 1 aliphatic heterocycles. The van der Waals surface area contributed by atoms with Crippen molar-refractivity contribution >= 4 is 23.2 Å². The van der Waals surface area contributed by atoms with Gasteiger partial charge in [0.1, 0.15) is 11.4 Å². The number of aromatic nitrogens is 1. The Morgan fingerprint density at radius 2 is 2.21 bits per heavy atom. The summed E-state index contributed by atoms with van der Waals surface area (Å²) in [6.07, 6.45) is 2.87. The van der Waals surface area contributed by atoms with Crippen LogP contribution in [0.15, 0.2) is 6.20 Å². The first-order valence-corrected chi connectivity index (χ1v) is 6.92. The fraction of sp³-hybridized carbons (Fsp3) is 0.583. The molecule has 0 spiro atoms. The molecule has 1 fully saturated rings. The zero-order valence-corrected chi connectivity index (χ0v) is 11.5. The molecular weight excluding hydrogens is 268 g/mol. The first-order valence-electron chi connectivity index (χ1n) is 6.11. The van der Waals surface area contributed by atoms with Gasteiger partial charge in [0.05, 0.1) is 11.2 Å². The molecule has 0 bridgehead atoms. The Hall–Kier alpha value is -1.47. The molecule has 19 heavy (non-hydrogen) atoms. The van der Waals surface area contributed by atoms with Crippen molar-refractivity contribution in [1.29, 1.82) is 0 Å². The number of hydrogen-bond acceptors (Lipinski definition) is 5. The van der Waals surface area contributed by atoms with Crippen molar-refractivity contribution in [3.8, 4) is 0 Å². The van der Waals surface area contributed by atoms with E-state index in [9.17, 15) is 9.59 Å². The van der Waals surface area contributed by atoms with Crippen molar-refractivity contribution in [2.45, 2.75) is 25.8 Å². The van der Waals surface area contributed by atoms with Crippen LogP contribution in [-0.4, -0.2) is 52.7 Å². The summed E-state index contributed by atoms with van der Waals surface area (Å²) in [7, 11) is 0. The highest BCUT2D eigenvalue weighted by atomic mass is 32.1. The number of carbonyl (C=O) groups excluding carboxylic acids is 1. The highest BCUT2D eigenvalue weighted by Crippen LogP contribution is 2.20. The van der Waals surface area contributed by atoms with Crippen molar-refractivity contribution in [2.75, 3.05) is 19.8 Å². The van der Waals surface area contributed by atoms with Crippen LogP contribution >= 0.6 is 11.3 Å². The third-order valence-electron chi connectivity index (χ3n) is 3.03. The van der Waals surface area contributed by atoms with Crippen molar-refractivity contribution in [1.82, 2.24) is 9.88 Å². The van der Waals surface area contributed by atoms with Gasteiger partial charge in [0.25, 0.3) is 5.91 Å². The lowest BCUT2D eigenvalue weighted by Crippen LogP contribution is -2.45. The lowest BCUT2D eigenvalue weighted by molar-refractivity contribution is -0.138. The Bertz CT molecular complexity index is 468. The van der Waals surface area contributed by atoms with Crippen LogP contribution in [0.1, 0.15) is 27.5 Å². The van der Waals surface area contributed by atoms with E-state index in [1.807, 2.05) is 6.92 Å². The van der Waals surface area contributed by atoms with E-state index in [1.165, 1.54) is 22.4 Å². The number of thiazole rings is 1. The summed E-state index contributed by atoms with van der Waals surface area (Å²) in [5.41, 5.74) is 0. The molecule has 1 amide bonds. The monoisotopic (exact) mass is 284 g/mol. The minimum Gasteiger partial charge on any atom is -0.480 e. The SMILES string of the molecule is Cc1ncc(C(=O)N(CC(=O)O)C2CCOCC2)s1. The molecule has 6 nitrogen and oxygen atoms in total. The fourth-order valence-corrected chi connectivity index (χ4v) is 2.84. The number of ether oxygens (including phenoxy) is 1. The second kappa shape index (κ2) is 6.12. The van der Waals surface area contributed by atoms with Gasteiger partial charge in [0, 0.05) is 19.3 Å². The summed E-state index contributed by atoms with van der Waals surface area (Å²) in [4.78, 5) is 29.3. The Kier molecular flexibility index (Phi) is 4.49. The Morgan fingerprint density at radius 1 is 1.53 bits per heavy atom. The van der Waals surface area contributed by atoms with Crippen LogP contribution in [0.4, 0.5) is 0 Å². The van der Waals surface area contributed by atoms with Gasteiger partial charge in [-0.05, 0) is 19.8 Å². The summed E-state index contributed by atoms with van der Waals surface area (Å²) in [6, 6.07) is -0.0697. The first-order chi connectivity index (χ1) is 9.08. The van der Waals surface area contributed by atoms with Crippen molar-refractivity contribution in [2.24, 2.45) is 0 Å². The number of amides is 1. The molecule has 0 aromatic carbocycles. The smallest absolute Gasteiger partial charge is 0.323 e. The van der Waals surface area contributed by atoms with Crippen LogP contribution in [0.3, 0.4) is 0 Å². The summed E-state index contributed by atoms with van der Waals surface area (Å²) in [6.45, 7) is 2.67. The maximum absolute atomic E-state index is 12.4. The average molecular weight is 284 g/mol. The van der Waals surface area contributed by atoms with Crippen LogP contribution in [0.2, 0.25) is 0 Å². The van der Waals surface area contributed by atoms with Gasteiger partial charge in [-0.25, -0.2) is 4.98 Å². The van der Waals surface area contributed by atoms with E-state index in [0.29, 0.717) is 30.9 Å². The number of aliphatic carboxylic acids is 1. The molecule has 104 valence electrons. The zero-order valence-electron chi connectivity index (χ0n) is 10.7. The van der Waals surface area contributed by atoms with E-state index in [2.05, 4.69) is 4.98 Å². The average Bonchev–Trinajstić information content (AvgIpc) is 2.83. The number of rotatable bonds is 4. The molecule has 2 rings (SSSR count). The van der Waals surface area contributed by atoms with Gasteiger partial charge in [0.2, 0.25) is 0 Å². The van der Waals surface area contributed by atoms with E-state index in [-0.39, 0.29) is 18.5 Å². The molecule has 0 aliphatic carbocycles. The first kappa shape index (κ1) is 14.0. The Balaban J connectivity index is 2.16. The Labute approximate surface area is 115 Å². The van der Waals surface area contributed by atoms with Gasteiger partial charge in [-0.2, -0.15) is 0 Å². The second-order valence-corrected chi connectivity index (χ2v) is 5.65. The van der Waals surface area contributed by atoms with Gasteiger partial charge < -0.3 is 14.7 Å². The number of carboxylic acids is 1. The normalized spacial score (nSPS) is 16.3. The molecule has 1 N–H and O–H groups in total. The van der Waals surface area contributed by atoms with E-state index in [0.717, 1.165) is 5.01 Å². The lowest BCUT2D eigenvalue weighted by atomic mass is 10.1. The lowest BCUT2D eigenvalue weighted by Gasteiger charge is -2.32. The van der Waals surface area contributed by atoms with Crippen molar-refractivity contribution in [3.05, 3.63) is 16.1 Å². The Morgan fingerprint density at radius 3 is 2.74 bits per heavy atom. The molecule has 0 unspecified atom stereocenters. The van der Waals surface area contributed by atoms with Crippen LogP contribution in [-0.2, 0) is 9.53 Å². The number of carboxylic acid groups (broad SMARTS) is 1. The fourth-order valence-electron chi connectivity index (χ4n) is 2.11. The minimum atomic E-state index is -0.999. The predicted molar refractivity (Wildman–Crippen MR) is 69.4 cm³/mol. The molecule has 0 saturated carbocycles. The van der Waals surface area contributed by atoms with Gasteiger partial charge in [-0.15, -0.1) is 11.3 Å². The van der Waals surface area contributed by atoms with E-state index in [1.54, 1.807) is 0 Å². The summed E-state index contributed by atoms with van der Waals surface area (Å²) in [5, 5.41) is 9.78. The van der Waals surface area contributed by atoms with Gasteiger partial charge in [-0.3, -0.25) is 9.59 Å². The van der Waals surface area contributed by atoms with E-state index >= 15 is 0 Å². The quantitative estimate of drug-likeness (QED) is 0.897. The van der Waals surface area contributed by atoms with Crippen LogP contribution in [0.5, 0.6) is 0 Å². The molecule has 0 atom stereocenters. The standard InChI is InChI=1S/C12H16N2O4S/c1-8-13-6-10(19-8)12(17)14(7-11(15)16)9-2-4-18-5-3-9/h6,9H,2-5,7H2,1H3,(H,15,16). The topological polar surface area (TPSA) is 79.7 Å². The summed E-state index contributed by atoms with van der Waals surface area (Å²) in [5.74, 6) is -1.25. The van der Waals surface area contributed by atoms with E-state index < -0.39 is 5.97 Å². The molecule has 0 radical (unpaired) electrons. The third-order valence-corrected chi connectivity index (χ3v) is 3.93. The molecule has 7 heteroatoms. The van der Waals surface area contributed by atoms with Crippen LogP contribution in [0, 0.1) is 6.92 Å². The second-order valence-electron chi connectivity index (χ2n) is 4.41. The summed E-state index contributed by atoms with van der Waals surface area (Å²) < 4.78 is 5.25. The van der Waals surface area contributed by atoms with Gasteiger partial charge in [0.15, 0.2) is 0 Å². The van der Waals surface area contributed by atoms with Crippen molar-refractivity contribution in [3.63, 3.8) is 0 Å². The largest absolute Gasteiger partial charge is 0.480 e. The molecule has 1 saturated heterocycles.